The number of amides is 2. The fourth-order valence-corrected chi connectivity index (χ4v) is 8.23. The highest BCUT2D eigenvalue weighted by molar-refractivity contribution is 7.11. The molecule has 3 aliphatic heterocycles. The van der Waals surface area contributed by atoms with Gasteiger partial charge in [0, 0.05) is 72.7 Å². The quantitative estimate of drug-likeness (QED) is 0.289. The van der Waals surface area contributed by atoms with Crippen LogP contribution in [0.2, 0.25) is 5.02 Å². The van der Waals surface area contributed by atoms with Crippen LogP contribution in [0.4, 0.5) is 19.3 Å². The number of esters is 2. The van der Waals surface area contributed by atoms with Gasteiger partial charge in [0.15, 0.2) is 10.8 Å². The lowest BCUT2D eigenvalue weighted by Crippen LogP contribution is -2.53. The summed E-state index contributed by atoms with van der Waals surface area (Å²) in [4.78, 5) is 53.6. The number of hydrogen-bond donors (Lipinski definition) is 1. The third-order valence-electron chi connectivity index (χ3n) is 9.92. The number of benzene rings is 2. The number of thiazole rings is 1. The highest BCUT2D eigenvalue weighted by Gasteiger charge is 2.43. The molecule has 4 aliphatic rings. The van der Waals surface area contributed by atoms with E-state index in [0.29, 0.717) is 85.4 Å². The van der Waals surface area contributed by atoms with Gasteiger partial charge in [-0.05, 0) is 43.9 Å². The zero-order valence-electron chi connectivity index (χ0n) is 28.5. The van der Waals surface area contributed by atoms with Crippen molar-refractivity contribution in [2.75, 3.05) is 51.8 Å². The molecule has 0 radical (unpaired) electrons. The van der Waals surface area contributed by atoms with Crippen LogP contribution in [0.5, 0.6) is 5.75 Å². The first-order chi connectivity index (χ1) is 25.1. The van der Waals surface area contributed by atoms with Crippen molar-refractivity contribution in [3.05, 3.63) is 86.5 Å². The summed E-state index contributed by atoms with van der Waals surface area (Å²) in [7, 11) is 2.67. The Labute approximate surface area is 308 Å². The molecule has 2 aromatic carbocycles. The predicted molar refractivity (Wildman–Crippen MR) is 189 cm³/mol. The minimum absolute atomic E-state index is 0.116. The molecule has 2 saturated heterocycles. The van der Waals surface area contributed by atoms with E-state index < -0.39 is 23.6 Å². The topological polar surface area (TPSA) is 126 Å². The van der Waals surface area contributed by atoms with Gasteiger partial charge in [-0.2, -0.15) is 0 Å². The van der Waals surface area contributed by atoms with Crippen molar-refractivity contribution in [1.82, 2.24) is 20.1 Å². The number of ether oxygens (including phenoxy) is 3. The van der Waals surface area contributed by atoms with Crippen molar-refractivity contribution >= 4 is 52.4 Å². The number of carbonyl (C=O) groups is 3. The molecular formula is C36H37ClF2N6O6S. The van der Waals surface area contributed by atoms with E-state index in [2.05, 4.69) is 15.2 Å². The summed E-state index contributed by atoms with van der Waals surface area (Å²) in [5, 5.41) is 5.83. The van der Waals surface area contributed by atoms with E-state index in [1.54, 1.807) is 22.1 Å². The minimum Gasteiger partial charge on any atom is -0.490 e. The molecule has 1 aromatic heterocycles. The average molecular weight is 755 g/mol. The second-order valence-electron chi connectivity index (χ2n) is 13.1. The van der Waals surface area contributed by atoms with Gasteiger partial charge in [-0.15, -0.1) is 11.3 Å². The van der Waals surface area contributed by atoms with Crippen molar-refractivity contribution in [1.29, 1.82) is 0 Å². The van der Waals surface area contributed by atoms with Crippen LogP contribution >= 0.6 is 22.9 Å². The number of fused-ring (bicyclic) bond motifs is 1. The Kier molecular flexibility index (Phi) is 10.4. The Morgan fingerprint density at radius 2 is 1.83 bits per heavy atom. The van der Waals surface area contributed by atoms with Gasteiger partial charge in [0.05, 0.1) is 43.5 Å². The predicted octanol–water partition coefficient (Wildman–Crippen LogP) is 5.33. The molecule has 4 heterocycles. The van der Waals surface area contributed by atoms with Gasteiger partial charge in [-0.25, -0.2) is 23.4 Å². The van der Waals surface area contributed by atoms with Gasteiger partial charge in [0.2, 0.25) is 0 Å². The minimum atomic E-state index is -0.896. The summed E-state index contributed by atoms with van der Waals surface area (Å²) in [5.74, 6) is -1.27. The number of nitrogens with zero attached hydrogens (tertiary/aromatic N) is 5. The Hall–Kier alpha value is -4.60. The number of urea groups is 1. The number of amidine groups is 1. The largest absolute Gasteiger partial charge is 0.490 e. The second kappa shape index (κ2) is 15.2. The van der Waals surface area contributed by atoms with Crippen molar-refractivity contribution in [2.45, 2.75) is 43.9 Å². The molecule has 1 N–H and O–H groups in total. The van der Waals surface area contributed by atoms with Gasteiger partial charge in [-0.3, -0.25) is 19.6 Å². The fraction of sp³-hybridized carbons (Fsp3) is 0.417. The van der Waals surface area contributed by atoms with E-state index in [9.17, 15) is 23.2 Å². The molecular weight excluding hydrogens is 718 g/mol. The molecule has 1 saturated carbocycles. The summed E-state index contributed by atoms with van der Waals surface area (Å²) < 4.78 is 45.2. The SMILES string of the molecule is COC(=O)C1=C(CN2CCN3C(=O)N(c4cc(F)cc(OC5CCC(C(=O)OC)CC5)c4)C[C@@H]3C2)NC(c2nccs2)=N[C@H]1c1ccc(F)cc1Cl. The lowest BCUT2D eigenvalue weighted by Gasteiger charge is -2.38. The van der Waals surface area contributed by atoms with Gasteiger partial charge in [0.1, 0.15) is 23.4 Å². The Bertz CT molecular complexity index is 1920. The number of rotatable bonds is 9. The molecule has 2 atom stereocenters. The molecule has 0 spiro atoms. The number of aromatic nitrogens is 1. The van der Waals surface area contributed by atoms with Crippen LogP contribution in [0.25, 0.3) is 0 Å². The maximum atomic E-state index is 14.9. The van der Waals surface area contributed by atoms with Gasteiger partial charge in [0.25, 0.3) is 0 Å². The van der Waals surface area contributed by atoms with E-state index in [-0.39, 0.29) is 47.2 Å². The molecule has 0 unspecified atom stereocenters. The first kappa shape index (κ1) is 35.8. The number of methoxy groups -OCH3 is 2. The lowest BCUT2D eigenvalue weighted by atomic mass is 9.87. The van der Waals surface area contributed by atoms with E-state index in [4.69, 9.17) is 30.8 Å². The van der Waals surface area contributed by atoms with E-state index in [1.807, 2.05) is 5.38 Å². The van der Waals surface area contributed by atoms with Crippen LogP contribution in [-0.4, -0.2) is 97.7 Å². The fourth-order valence-electron chi connectivity index (χ4n) is 7.37. The Morgan fingerprint density at radius 1 is 1.02 bits per heavy atom. The Balaban J connectivity index is 1.09. The highest BCUT2D eigenvalue weighted by atomic mass is 35.5. The maximum absolute atomic E-state index is 14.9. The van der Waals surface area contributed by atoms with Crippen molar-refractivity contribution < 1.29 is 37.4 Å². The standard InChI is InChI=1S/C36H37ClF2N6O6S/c1-49-34(46)20-3-6-25(7-4-20)51-26-14-22(39)13-23(16-26)45-18-24-17-43(10-11-44(24)36(45)48)19-29-30(35(47)50-2)31(27-8-5-21(38)15-28(27)37)42-32(41-29)33-40-9-12-52-33/h5,8-9,12-16,20,24-25,31H,3-4,6-7,10-11,17-19H2,1-2H3,(H,41,42)/t20?,24-,25?,31-/m0/s1. The molecule has 1 aliphatic carbocycles. The Morgan fingerprint density at radius 3 is 2.54 bits per heavy atom. The average Bonchev–Trinajstić information content (AvgIpc) is 3.79. The summed E-state index contributed by atoms with van der Waals surface area (Å²) in [6, 6.07) is 6.93. The van der Waals surface area contributed by atoms with Crippen molar-refractivity contribution in [2.24, 2.45) is 10.9 Å². The van der Waals surface area contributed by atoms with Crippen LogP contribution in [-0.2, 0) is 19.1 Å². The monoisotopic (exact) mass is 754 g/mol. The van der Waals surface area contributed by atoms with E-state index in [0.717, 1.165) is 0 Å². The zero-order chi connectivity index (χ0) is 36.5. The maximum Gasteiger partial charge on any atom is 0.338 e. The summed E-state index contributed by atoms with van der Waals surface area (Å²) in [5.41, 5.74) is 1.59. The van der Waals surface area contributed by atoms with Gasteiger partial charge in [-0.1, -0.05) is 17.7 Å². The van der Waals surface area contributed by atoms with Crippen LogP contribution in [0.3, 0.4) is 0 Å². The zero-order valence-corrected chi connectivity index (χ0v) is 30.1. The van der Waals surface area contributed by atoms with Crippen molar-refractivity contribution in [3.63, 3.8) is 0 Å². The third kappa shape index (κ3) is 7.34. The number of halogens is 3. The molecule has 2 amide bonds. The molecule has 7 rings (SSSR count). The normalized spacial score (nSPS) is 23.6. The summed E-state index contributed by atoms with van der Waals surface area (Å²) in [6.45, 7) is 1.96. The molecule has 12 nitrogen and oxygen atoms in total. The first-order valence-corrected chi connectivity index (χ1v) is 18.2. The molecule has 3 aromatic rings. The summed E-state index contributed by atoms with van der Waals surface area (Å²) in [6.07, 6.45) is 4.00. The number of hydrogen-bond acceptors (Lipinski definition) is 11. The van der Waals surface area contributed by atoms with Gasteiger partial charge >= 0.3 is 18.0 Å². The number of anilines is 1. The summed E-state index contributed by atoms with van der Waals surface area (Å²) >= 11 is 7.87. The molecule has 274 valence electrons. The lowest BCUT2D eigenvalue weighted by molar-refractivity contribution is -0.147. The number of aliphatic imine (C=N–C) groups is 1. The smallest absolute Gasteiger partial charge is 0.338 e. The van der Waals surface area contributed by atoms with Crippen molar-refractivity contribution in [3.8, 4) is 5.75 Å². The number of carbonyl (C=O) groups excluding carboxylic acids is 3. The number of piperazine rings is 1. The van der Waals surface area contributed by atoms with Crippen LogP contribution < -0.4 is 15.0 Å². The third-order valence-corrected chi connectivity index (χ3v) is 11.0. The van der Waals surface area contributed by atoms with Crippen LogP contribution in [0, 0.1) is 17.6 Å². The highest BCUT2D eigenvalue weighted by Crippen LogP contribution is 2.38. The molecule has 0 bridgehead atoms. The van der Waals surface area contributed by atoms with E-state index >= 15 is 0 Å². The van der Waals surface area contributed by atoms with E-state index in [1.165, 1.54) is 55.9 Å². The van der Waals surface area contributed by atoms with Gasteiger partial charge < -0.3 is 24.4 Å². The van der Waals surface area contributed by atoms with Crippen LogP contribution in [0.15, 0.2) is 64.2 Å². The number of nitrogens with one attached hydrogen (secondary N) is 1. The van der Waals surface area contributed by atoms with Crippen LogP contribution in [0.1, 0.15) is 42.3 Å². The molecule has 52 heavy (non-hydrogen) atoms. The molecule has 16 heteroatoms. The second-order valence-corrected chi connectivity index (χ2v) is 14.4. The molecule has 3 fully saturated rings. The first-order valence-electron chi connectivity index (χ1n) is 17.0.